The van der Waals surface area contributed by atoms with Gasteiger partial charge in [-0.1, -0.05) is 35.5 Å². The monoisotopic (exact) mass is 329 g/mol. The van der Waals surface area contributed by atoms with Crippen LogP contribution in [0.2, 0.25) is 5.02 Å². The maximum Gasteiger partial charge on any atom is 0.0586 e. The van der Waals surface area contributed by atoms with E-state index in [1.165, 1.54) is 5.39 Å². The molecule has 0 radical (unpaired) electrons. The van der Waals surface area contributed by atoms with E-state index in [-0.39, 0.29) is 0 Å². The molecule has 5 heteroatoms. The normalized spacial score (nSPS) is 10.8. The van der Waals surface area contributed by atoms with E-state index in [1.54, 1.807) is 24.0 Å². The van der Waals surface area contributed by atoms with Crippen molar-refractivity contribution < 1.29 is 0 Å². The molecule has 0 aliphatic carbocycles. The van der Waals surface area contributed by atoms with E-state index < -0.39 is 0 Å². The summed E-state index contributed by atoms with van der Waals surface area (Å²) < 4.78 is 0. The number of hydrogen-bond donors (Lipinski definition) is 2. The van der Waals surface area contributed by atoms with Gasteiger partial charge in [0.1, 0.15) is 0 Å². The maximum absolute atomic E-state index is 6.36. The lowest BCUT2D eigenvalue weighted by molar-refractivity contribution is 1.21. The Hall–Kier alpha value is -1.91. The molecule has 0 spiro atoms. The van der Waals surface area contributed by atoms with E-state index in [0.29, 0.717) is 10.7 Å². The van der Waals surface area contributed by atoms with Crippen LogP contribution in [0.1, 0.15) is 6.92 Å². The van der Waals surface area contributed by atoms with Gasteiger partial charge in [-0.3, -0.25) is 4.98 Å². The molecule has 3 aromatic rings. The first-order valence-corrected chi connectivity index (χ1v) is 8.22. The van der Waals surface area contributed by atoms with Crippen molar-refractivity contribution in [3.8, 4) is 0 Å². The highest BCUT2D eigenvalue weighted by Crippen LogP contribution is 2.40. The van der Waals surface area contributed by atoms with E-state index in [9.17, 15) is 0 Å². The Balaban J connectivity index is 2.03. The van der Waals surface area contributed by atoms with Gasteiger partial charge in [0.25, 0.3) is 0 Å². The fraction of sp³-hybridized carbons (Fsp3) is 0.118. The lowest BCUT2D eigenvalue weighted by Crippen LogP contribution is -2.01. The second kappa shape index (κ2) is 6.46. The Morgan fingerprint density at radius 1 is 1.23 bits per heavy atom. The predicted octanol–water partition coefficient (Wildman–Crippen LogP) is 5.05. The molecule has 0 atom stereocenters. The molecule has 0 bridgehead atoms. The summed E-state index contributed by atoms with van der Waals surface area (Å²) in [5, 5.41) is 6.21. The average Bonchev–Trinajstić information content (AvgIpc) is 2.52. The van der Waals surface area contributed by atoms with Crippen LogP contribution >= 0.6 is 23.4 Å². The average molecular weight is 330 g/mol. The molecule has 3 rings (SSSR count). The number of pyridine rings is 1. The minimum Gasteiger partial charge on any atom is -0.397 e. The molecule has 112 valence electrons. The highest BCUT2D eigenvalue weighted by Gasteiger charge is 2.10. The summed E-state index contributed by atoms with van der Waals surface area (Å²) in [6.45, 7) is 2.86. The van der Waals surface area contributed by atoms with Crippen LogP contribution in [0.5, 0.6) is 0 Å². The fourth-order valence-corrected chi connectivity index (χ4v) is 3.59. The summed E-state index contributed by atoms with van der Waals surface area (Å²) in [4.78, 5) is 6.30. The van der Waals surface area contributed by atoms with Gasteiger partial charge in [-0.15, -0.1) is 0 Å². The van der Waals surface area contributed by atoms with Crippen molar-refractivity contribution in [2.24, 2.45) is 0 Å². The van der Waals surface area contributed by atoms with Crippen molar-refractivity contribution in [2.75, 3.05) is 17.6 Å². The summed E-state index contributed by atoms with van der Waals surface area (Å²) in [6, 6.07) is 12.0. The lowest BCUT2D eigenvalue weighted by Gasteiger charge is -2.12. The number of nitrogens with one attached hydrogen (secondary N) is 1. The van der Waals surface area contributed by atoms with Gasteiger partial charge in [-0.2, -0.15) is 0 Å². The van der Waals surface area contributed by atoms with Gasteiger partial charge in [-0.05, 0) is 36.6 Å². The van der Waals surface area contributed by atoms with E-state index in [2.05, 4.69) is 22.4 Å². The Morgan fingerprint density at radius 3 is 2.91 bits per heavy atom. The molecule has 22 heavy (non-hydrogen) atoms. The highest BCUT2D eigenvalue weighted by molar-refractivity contribution is 7.99. The zero-order chi connectivity index (χ0) is 15.5. The number of nitrogens with two attached hydrogens (primary N) is 1. The van der Waals surface area contributed by atoms with Gasteiger partial charge in [0, 0.05) is 34.1 Å². The molecular weight excluding hydrogens is 314 g/mol. The molecular formula is C17H16ClN3S. The molecule has 1 heterocycles. The minimum atomic E-state index is 0.662. The molecule has 0 saturated carbocycles. The maximum atomic E-state index is 6.36. The standard InChI is InChI=1S/C17H16ClN3S/c1-2-21-15-9-17(13(18)8-14(15)19)22-16-5-3-4-11-10-20-7-6-12(11)16/h3-10,21H,2,19H2,1H3. The lowest BCUT2D eigenvalue weighted by atomic mass is 10.2. The first-order chi connectivity index (χ1) is 10.7. The van der Waals surface area contributed by atoms with Crippen LogP contribution in [-0.2, 0) is 0 Å². The molecule has 3 nitrogen and oxygen atoms in total. The Labute approximate surface area is 138 Å². The second-order valence-corrected chi connectivity index (χ2v) is 6.35. The van der Waals surface area contributed by atoms with E-state index in [0.717, 1.165) is 27.4 Å². The second-order valence-electron chi connectivity index (χ2n) is 4.86. The number of hydrogen-bond acceptors (Lipinski definition) is 4. The molecule has 2 aromatic carbocycles. The van der Waals surface area contributed by atoms with Gasteiger partial charge < -0.3 is 11.1 Å². The van der Waals surface area contributed by atoms with Crippen LogP contribution in [0.15, 0.2) is 58.6 Å². The summed E-state index contributed by atoms with van der Waals surface area (Å²) >= 11 is 8.00. The van der Waals surface area contributed by atoms with Crippen LogP contribution < -0.4 is 11.1 Å². The Kier molecular flexibility index (Phi) is 4.41. The smallest absolute Gasteiger partial charge is 0.0586 e. The first kappa shape index (κ1) is 15.0. The van der Waals surface area contributed by atoms with Crippen molar-refractivity contribution >= 4 is 45.5 Å². The zero-order valence-corrected chi connectivity index (χ0v) is 13.7. The molecule has 3 N–H and O–H groups in total. The van der Waals surface area contributed by atoms with Crippen molar-refractivity contribution in [3.05, 3.63) is 53.8 Å². The topological polar surface area (TPSA) is 50.9 Å². The number of fused-ring (bicyclic) bond motifs is 1. The van der Waals surface area contributed by atoms with Crippen molar-refractivity contribution in [2.45, 2.75) is 16.7 Å². The summed E-state index contributed by atoms with van der Waals surface area (Å²) in [6.07, 6.45) is 3.68. The van der Waals surface area contributed by atoms with Crippen LogP contribution in [0.3, 0.4) is 0 Å². The summed E-state index contributed by atoms with van der Waals surface area (Å²) in [5.41, 5.74) is 7.57. The first-order valence-electron chi connectivity index (χ1n) is 7.02. The molecule has 0 fully saturated rings. The molecule has 0 unspecified atom stereocenters. The van der Waals surface area contributed by atoms with Gasteiger partial charge in [-0.25, -0.2) is 0 Å². The molecule has 1 aromatic heterocycles. The third-order valence-electron chi connectivity index (χ3n) is 3.33. The van der Waals surface area contributed by atoms with Crippen LogP contribution in [0.4, 0.5) is 11.4 Å². The SMILES string of the molecule is CCNc1cc(Sc2cccc3cnccc23)c(Cl)cc1N. The number of nitrogens with zero attached hydrogens (tertiary/aromatic N) is 1. The quantitative estimate of drug-likeness (QED) is 0.657. The van der Waals surface area contributed by atoms with Crippen molar-refractivity contribution in [1.29, 1.82) is 0 Å². The Bertz CT molecular complexity index is 815. The number of aromatic nitrogens is 1. The predicted molar refractivity (Wildman–Crippen MR) is 95.9 cm³/mol. The fourth-order valence-electron chi connectivity index (χ4n) is 2.29. The van der Waals surface area contributed by atoms with Crippen LogP contribution in [0.25, 0.3) is 10.8 Å². The third-order valence-corrected chi connectivity index (χ3v) is 4.89. The minimum absolute atomic E-state index is 0.662. The molecule has 0 aliphatic heterocycles. The van der Waals surface area contributed by atoms with Crippen LogP contribution in [-0.4, -0.2) is 11.5 Å². The highest BCUT2D eigenvalue weighted by atomic mass is 35.5. The van der Waals surface area contributed by atoms with E-state index >= 15 is 0 Å². The summed E-state index contributed by atoms with van der Waals surface area (Å²) in [7, 11) is 0. The zero-order valence-electron chi connectivity index (χ0n) is 12.1. The number of rotatable bonds is 4. The van der Waals surface area contributed by atoms with E-state index in [4.69, 9.17) is 17.3 Å². The number of nitrogen functional groups attached to an aromatic ring is 1. The number of anilines is 2. The van der Waals surface area contributed by atoms with E-state index in [1.807, 2.05) is 31.3 Å². The Morgan fingerprint density at radius 2 is 2.09 bits per heavy atom. The number of halogens is 1. The molecule has 0 amide bonds. The van der Waals surface area contributed by atoms with Gasteiger partial charge >= 0.3 is 0 Å². The van der Waals surface area contributed by atoms with Gasteiger partial charge in [0.15, 0.2) is 0 Å². The molecule has 0 saturated heterocycles. The summed E-state index contributed by atoms with van der Waals surface area (Å²) in [5.74, 6) is 0. The van der Waals surface area contributed by atoms with Crippen LogP contribution in [0, 0.1) is 0 Å². The number of benzene rings is 2. The van der Waals surface area contributed by atoms with Gasteiger partial charge in [0.2, 0.25) is 0 Å². The largest absolute Gasteiger partial charge is 0.397 e. The molecule has 0 aliphatic rings. The van der Waals surface area contributed by atoms with Crippen molar-refractivity contribution in [1.82, 2.24) is 4.98 Å². The van der Waals surface area contributed by atoms with Crippen molar-refractivity contribution in [3.63, 3.8) is 0 Å². The third kappa shape index (κ3) is 2.98. The van der Waals surface area contributed by atoms with Gasteiger partial charge in [0.05, 0.1) is 16.4 Å².